The molecular formula is C21H42N3O12Si3+3. The molecule has 0 aromatic carbocycles. The molecule has 0 aliphatic carbocycles. The van der Waals surface area contributed by atoms with Crippen LogP contribution in [0.4, 0.5) is 14.4 Å². The lowest BCUT2D eigenvalue weighted by Gasteiger charge is -2.62. The molecule has 39 heavy (non-hydrogen) atoms. The Morgan fingerprint density at radius 1 is 0.436 bits per heavy atom. The quantitative estimate of drug-likeness (QED) is 0.223. The molecule has 4 saturated heterocycles. The first kappa shape index (κ1) is 31.1. The fraction of sp³-hybridized carbons (Fsp3) is 0.857. The van der Waals surface area contributed by atoms with Gasteiger partial charge in [-0.2, -0.15) is 14.4 Å². The molecule has 4 fully saturated rings. The first-order chi connectivity index (χ1) is 18.5. The van der Waals surface area contributed by atoms with Crippen LogP contribution in [0.2, 0.25) is 0 Å². The van der Waals surface area contributed by atoms with Gasteiger partial charge in [-0.15, -0.1) is 0 Å². The van der Waals surface area contributed by atoms with Crippen LogP contribution in [-0.2, 0) is 39.8 Å². The number of imide groups is 3. The number of hydrogen-bond acceptors (Lipinski definition) is 12. The van der Waals surface area contributed by atoms with E-state index in [4.69, 9.17) is 39.8 Å². The molecule has 0 radical (unpaired) electrons. The summed E-state index contributed by atoms with van der Waals surface area (Å²) in [7, 11) is 2.37. The predicted octanol–water partition coefficient (Wildman–Crippen LogP) is 0.379. The van der Waals surface area contributed by atoms with E-state index in [9.17, 15) is 14.4 Å². The second-order valence-electron chi connectivity index (χ2n) is 10.2. The molecule has 3 spiro atoms. The van der Waals surface area contributed by atoms with Crippen molar-refractivity contribution in [1.29, 1.82) is 0 Å². The Morgan fingerprint density at radius 2 is 0.615 bits per heavy atom. The zero-order chi connectivity index (χ0) is 29.1. The minimum absolute atomic E-state index is 0.170. The Bertz CT molecular complexity index is 839. The van der Waals surface area contributed by atoms with Crippen molar-refractivity contribution in [2.75, 3.05) is 83.6 Å². The van der Waals surface area contributed by atoms with Crippen LogP contribution in [0.5, 0.6) is 0 Å². The fourth-order valence-electron chi connectivity index (χ4n) is 7.44. The van der Waals surface area contributed by atoms with E-state index in [0.717, 1.165) is 0 Å². The second kappa shape index (κ2) is 10.5. The zero-order valence-corrected chi connectivity index (χ0v) is 27.2. The van der Waals surface area contributed by atoms with E-state index >= 15 is 0 Å². The molecular weight excluding hydrogens is 570 g/mol. The van der Waals surface area contributed by atoms with Crippen LogP contribution >= 0.6 is 0 Å². The third-order valence-electron chi connectivity index (χ3n) is 9.69. The Balaban J connectivity index is 1.99. The van der Waals surface area contributed by atoms with Gasteiger partial charge in [0.1, 0.15) is 19.6 Å². The van der Waals surface area contributed by atoms with Gasteiger partial charge in [0.15, 0.2) is 17.0 Å². The first-order valence-corrected chi connectivity index (χ1v) is 18.2. The number of urea groups is 3. The van der Waals surface area contributed by atoms with Gasteiger partial charge in [-0.3, -0.25) is 0 Å². The lowest BCUT2D eigenvalue weighted by molar-refractivity contribution is -1.07. The molecule has 3 unspecified atom stereocenters. The molecule has 0 aromatic heterocycles. The molecule has 4 aliphatic rings. The van der Waals surface area contributed by atoms with Gasteiger partial charge in [0.05, 0.1) is 19.3 Å². The summed E-state index contributed by atoms with van der Waals surface area (Å²) < 4.78 is 50.2. The maximum absolute atomic E-state index is 14.9. The van der Waals surface area contributed by atoms with Crippen LogP contribution < -0.4 is 0 Å². The molecule has 0 aromatic rings. The van der Waals surface area contributed by atoms with Crippen LogP contribution in [0.15, 0.2) is 0 Å². The summed E-state index contributed by atoms with van der Waals surface area (Å²) in [6.07, 6.45) is 1.31. The first-order valence-electron chi connectivity index (χ1n) is 12.8. The summed E-state index contributed by atoms with van der Waals surface area (Å²) in [5.41, 5.74) is -2.23. The van der Waals surface area contributed by atoms with Crippen molar-refractivity contribution in [3.63, 3.8) is 0 Å². The van der Waals surface area contributed by atoms with E-state index < -0.39 is 75.0 Å². The molecule has 4 aliphatic heterocycles. The van der Waals surface area contributed by atoms with Crippen LogP contribution in [0.3, 0.4) is 0 Å². The monoisotopic (exact) mass is 612 g/mol. The molecule has 4 heterocycles. The summed E-state index contributed by atoms with van der Waals surface area (Å²) in [6.45, 7) is 0.509. The maximum atomic E-state index is 14.9. The van der Waals surface area contributed by atoms with Gasteiger partial charge in [0.2, 0.25) is 0 Å². The Labute approximate surface area is 232 Å². The number of rotatable bonds is 12. The number of nitrogens with zero attached hydrogens (tertiary/aromatic N) is 3. The van der Waals surface area contributed by atoms with Crippen LogP contribution in [0.1, 0.15) is 19.3 Å². The summed E-state index contributed by atoms with van der Waals surface area (Å²) in [4.78, 5) is 44.6. The smallest absolute Gasteiger partial charge is 0.373 e. The number of hydrogen-bond donors (Lipinski definition) is 0. The third kappa shape index (κ3) is 3.41. The largest absolute Gasteiger partial charge is 0.563 e. The SMILES string of the molecule is CO[Si](OC)(OC)C1CC[N+]12C(=O)[N+]1(CCC1[Si](OC)(OC)OC)C(=O)[N+]1(CCC1[Si](OC)(OC)OC)C2=O. The van der Waals surface area contributed by atoms with Crippen LogP contribution in [0, 0.1) is 0 Å². The highest BCUT2D eigenvalue weighted by atomic mass is 28.4. The second-order valence-corrected chi connectivity index (χ2v) is 19.5. The van der Waals surface area contributed by atoms with Crippen molar-refractivity contribution >= 4 is 44.5 Å². The van der Waals surface area contributed by atoms with Gasteiger partial charge >= 0.3 is 44.5 Å². The molecule has 18 heteroatoms. The summed E-state index contributed by atoms with van der Waals surface area (Å²) in [5.74, 6) is 0. The van der Waals surface area contributed by atoms with Crippen LogP contribution in [0.25, 0.3) is 0 Å². The molecule has 0 saturated carbocycles. The van der Waals surface area contributed by atoms with E-state index in [1.165, 1.54) is 64.0 Å². The van der Waals surface area contributed by atoms with Gasteiger partial charge in [-0.05, 0) is 0 Å². The number of carbonyl (C=O) groups excluding carboxylic acids is 3. The van der Waals surface area contributed by atoms with Gasteiger partial charge in [-0.25, -0.2) is 0 Å². The lowest BCUT2D eigenvalue weighted by Crippen LogP contribution is -3.01. The summed E-state index contributed by atoms with van der Waals surface area (Å²) >= 11 is 0. The minimum atomic E-state index is -3.55. The van der Waals surface area contributed by atoms with Crippen LogP contribution in [-0.4, -0.2) is 159 Å². The summed E-state index contributed by atoms with van der Waals surface area (Å²) in [6, 6.07) is -1.67. The maximum Gasteiger partial charge on any atom is 0.563 e. The van der Waals surface area contributed by atoms with E-state index in [1.54, 1.807) is 0 Å². The van der Waals surface area contributed by atoms with E-state index in [1.807, 2.05) is 0 Å². The molecule has 4 rings (SSSR count). The highest BCUT2D eigenvalue weighted by Crippen LogP contribution is 2.55. The van der Waals surface area contributed by atoms with E-state index in [2.05, 4.69) is 0 Å². The minimum Gasteiger partial charge on any atom is -0.373 e. The molecule has 222 valence electrons. The van der Waals surface area contributed by atoms with Gasteiger partial charge < -0.3 is 39.8 Å². The average molecular weight is 613 g/mol. The van der Waals surface area contributed by atoms with Crippen molar-refractivity contribution in [2.45, 2.75) is 36.3 Å². The molecule has 0 N–H and O–H groups in total. The van der Waals surface area contributed by atoms with E-state index in [0.29, 0.717) is 19.3 Å². The van der Waals surface area contributed by atoms with Gasteiger partial charge in [-0.1, -0.05) is 13.4 Å². The lowest BCUT2D eigenvalue weighted by atomic mass is 9.98. The van der Waals surface area contributed by atoms with Crippen molar-refractivity contribution in [3.05, 3.63) is 0 Å². The number of amides is 6. The third-order valence-corrected chi connectivity index (χ3v) is 19.5. The van der Waals surface area contributed by atoms with Gasteiger partial charge in [0, 0.05) is 64.0 Å². The highest BCUT2D eigenvalue weighted by molar-refractivity contribution is 6.64. The van der Waals surface area contributed by atoms with E-state index in [-0.39, 0.29) is 19.6 Å². The summed E-state index contributed by atoms with van der Waals surface area (Å²) in [5, 5.41) is 0. The standard InChI is InChI=1S/C21H42N3O12Si3/c1-28-37(29-2,30-3)16-10-13-22(16)19(25)23(14-11-17(23)38(31-4,32-5)33-6)21(27)24(20(22)26)15-12-18(24)39(34-7,35-8)36-9/h16-18H,10-15H2,1-9H3/q+3. The normalized spacial score (nSPS) is 36.8. The topological polar surface area (TPSA) is 134 Å². The number of carbonyl (C=O) groups is 3. The van der Waals surface area contributed by atoms with Crippen molar-refractivity contribution in [1.82, 2.24) is 0 Å². The predicted molar refractivity (Wildman–Crippen MR) is 137 cm³/mol. The molecule has 0 bridgehead atoms. The number of quaternary nitrogens is 3. The van der Waals surface area contributed by atoms with Crippen molar-refractivity contribution < 1.29 is 67.7 Å². The molecule has 3 atom stereocenters. The zero-order valence-electron chi connectivity index (χ0n) is 24.2. The molecule has 15 nitrogen and oxygen atoms in total. The highest BCUT2D eigenvalue weighted by Gasteiger charge is 2.95. The Kier molecular flexibility index (Phi) is 8.36. The fourth-order valence-corrected chi connectivity index (χ4v) is 15.5. The molecule has 6 amide bonds. The van der Waals surface area contributed by atoms with Gasteiger partial charge in [0.25, 0.3) is 0 Å². The average Bonchev–Trinajstić information content (AvgIpc) is 2.91. The van der Waals surface area contributed by atoms with Crippen molar-refractivity contribution in [2.24, 2.45) is 0 Å². The van der Waals surface area contributed by atoms with Crippen molar-refractivity contribution in [3.8, 4) is 0 Å². The Hall–Kier alpha value is -0.819. The Morgan fingerprint density at radius 3 is 0.718 bits per heavy atom.